The summed E-state index contributed by atoms with van der Waals surface area (Å²) >= 11 is 0. The van der Waals surface area contributed by atoms with Crippen molar-refractivity contribution in [3.63, 3.8) is 0 Å². The Morgan fingerprint density at radius 1 is 1.50 bits per heavy atom. The van der Waals surface area contributed by atoms with E-state index >= 15 is 0 Å². The lowest BCUT2D eigenvalue weighted by Crippen LogP contribution is -2.39. The highest BCUT2D eigenvalue weighted by atomic mass is 16.3. The van der Waals surface area contributed by atoms with Crippen molar-refractivity contribution in [2.24, 2.45) is 11.3 Å². The minimum Gasteiger partial charge on any atom is -0.380 e. The van der Waals surface area contributed by atoms with Gasteiger partial charge in [-0.25, -0.2) is 4.98 Å². The van der Waals surface area contributed by atoms with Crippen molar-refractivity contribution in [3.8, 4) is 6.07 Å². The molecule has 2 N–H and O–H groups in total. The number of carbonyl (C=O) groups is 1. The molecule has 1 saturated carbocycles. The fourth-order valence-electron chi connectivity index (χ4n) is 3.77. The second kappa shape index (κ2) is 6.55. The molecule has 1 aromatic rings. The van der Waals surface area contributed by atoms with Crippen LogP contribution in [0.1, 0.15) is 50.4 Å². The molecule has 2 heterocycles. The molecule has 2 aliphatic rings. The highest BCUT2D eigenvalue weighted by Crippen LogP contribution is 2.42. The second-order valence-electron chi connectivity index (χ2n) is 8.40. The topological polar surface area (TPSA) is 89.2 Å². The van der Waals surface area contributed by atoms with Crippen molar-refractivity contribution in [2.45, 2.75) is 52.6 Å². The maximum absolute atomic E-state index is 12.5. The molecule has 6 heteroatoms. The van der Waals surface area contributed by atoms with Gasteiger partial charge in [0.1, 0.15) is 17.5 Å². The summed E-state index contributed by atoms with van der Waals surface area (Å²) in [6.45, 7) is 10.2. The Labute approximate surface area is 155 Å². The van der Waals surface area contributed by atoms with Gasteiger partial charge in [-0.05, 0) is 43.2 Å². The van der Waals surface area contributed by atoms with Crippen LogP contribution in [0.25, 0.3) is 0 Å². The van der Waals surface area contributed by atoms with Crippen molar-refractivity contribution in [1.82, 2.24) is 9.88 Å². The number of anilines is 1. The Kier molecular flexibility index (Phi) is 4.70. The number of aryl methyl sites for hydroxylation is 2. The number of hydrogen-bond donors (Lipinski definition) is 2. The Morgan fingerprint density at radius 3 is 2.77 bits per heavy atom. The van der Waals surface area contributed by atoms with Gasteiger partial charge in [-0.2, -0.15) is 5.26 Å². The Hall–Kier alpha value is -2.13. The monoisotopic (exact) mass is 356 g/mol. The molecule has 1 aliphatic heterocycles. The summed E-state index contributed by atoms with van der Waals surface area (Å²) in [4.78, 5) is 18.9. The molecule has 140 valence electrons. The highest BCUT2D eigenvalue weighted by molar-refractivity contribution is 5.88. The largest absolute Gasteiger partial charge is 0.380 e. The van der Waals surface area contributed by atoms with Gasteiger partial charge in [0.15, 0.2) is 0 Å². The van der Waals surface area contributed by atoms with E-state index in [1.54, 1.807) is 4.90 Å². The average Bonchev–Trinajstić information content (AvgIpc) is 3.27. The molecule has 0 aromatic carbocycles. The Balaban J connectivity index is 1.71. The van der Waals surface area contributed by atoms with Crippen LogP contribution in [0.3, 0.4) is 0 Å². The van der Waals surface area contributed by atoms with E-state index in [1.807, 2.05) is 13.0 Å². The van der Waals surface area contributed by atoms with Gasteiger partial charge in [0.2, 0.25) is 0 Å². The van der Waals surface area contributed by atoms with Crippen LogP contribution in [0.4, 0.5) is 5.82 Å². The van der Waals surface area contributed by atoms with Crippen LogP contribution in [0.5, 0.6) is 0 Å². The molecular formula is C20H28N4O2. The molecule has 1 amide bonds. The first-order valence-electron chi connectivity index (χ1n) is 9.36. The van der Waals surface area contributed by atoms with Crippen LogP contribution in [0, 0.1) is 29.6 Å². The van der Waals surface area contributed by atoms with Crippen molar-refractivity contribution >= 4 is 11.7 Å². The number of aromatic nitrogens is 1. The van der Waals surface area contributed by atoms with Gasteiger partial charge in [-0.1, -0.05) is 20.8 Å². The maximum atomic E-state index is 12.5. The zero-order valence-corrected chi connectivity index (χ0v) is 16.1. The summed E-state index contributed by atoms with van der Waals surface area (Å²) < 4.78 is 0. The van der Waals surface area contributed by atoms with E-state index in [0.717, 1.165) is 17.7 Å². The molecule has 0 bridgehead atoms. The SMILES string of the molecule is CCc1nc(NCC2CN(C(=O)C3(O)CC3)CC2(C)C)c(C#N)cc1C. The van der Waals surface area contributed by atoms with Gasteiger partial charge < -0.3 is 15.3 Å². The molecular weight excluding hydrogens is 328 g/mol. The van der Waals surface area contributed by atoms with Crippen LogP contribution in [0.15, 0.2) is 6.07 Å². The van der Waals surface area contributed by atoms with Crippen LogP contribution < -0.4 is 5.32 Å². The third kappa shape index (κ3) is 3.41. The van der Waals surface area contributed by atoms with E-state index in [1.165, 1.54) is 0 Å². The number of pyridine rings is 1. The van der Waals surface area contributed by atoms with Crippen molar-refractivity contribution in [1.29, 1.82) is 5.26 Å². The molecule has 1 unspecified atom stereocenters. The molecule has 1 saturated heterocycles. The lowest BCUT2D eigenvalue weighted by atomic mass is 9.82. The van der Waals surface area contributed by atoms with Crippen molar-refractivity contribution in [3.05, 3.63) is 22.9 Å². The lowest BCUT2D eigenvalue weighted by molar-refractivity contribution is -0.141. The Morgan fingerprint density at radius 2 is 2.19 bits per heavy atom. The number of hydrogen-bond acceptors (Lipinski definition) is 5. The molecule has 0 spiro atoms. The van der Waals surface area contributed by atoms with E-state index in [9.17, 15) is 15.2 Å². The standard InChI is InChI=1S/C20H28N4O2/c1-5-16-13(2)8-14(9-21)17(23-16)22-10-15-11-24(12-19(15,3)4)18(25)20(26)6-7-20/h8,15,26H,5-7,10-12H2,1-4H3,(H,22,23). The van der Waals surface area contributed by atoms with Gasteiger partial charge in [0, 0.05) is 31.2 Å². The number of aliphatic hydroxyl groups is 1. The van der Waals surface area contributed by atoms with Crippen molar-refractivity contribution in [2.75, 3.05) is 25.0 Å². The molecule has 6 nitrogen and oxygen atoms in total. The third-order valence-corrected chi connectivity index (χ3v) is 5.84. The molecule has 1 atom stereocenters. The summed E-state index contributed by atoms with van der Waals surface area (Å²) in [6.07, 6.45) is 1.97. The number of carbonyl (C=O) groups excluding carboxylic acids is 1. The first-order chi connectivity index (χ1) is 12.2. The first-order valence-corrected chi connectivity index (χ1v) is 9.36. The molecule has 3 rings (SSSR count). The molecule has 1 aromatic heterocycles. The van der Waals surface area contributed by atoms with Gasteiger partial charge >= 0.3 is 0 Å². The van der Waals surface area contributed by atoms with Gasteiger partial charge in [0.05, 0.1) is 5.56 Å². The minimum absolute atomic E-state index is 0.0565. The third-order valence-electron chi connectivity index (χ3n) is 5.84. The fraction of sp³-hybridized carbons (Fsp3) is 0.650. The molecule has 0 radical (unpaired) electrons. The minimum atomic E-state index is -1.11. The Bertz CT molecular complexity index is 762. The van der Waals surface area contributed by atoms with Crippen LogP contribution in [-0.2, 0) is 11.2 Å². The molecule has 26 heavy (non-hydrogen) atoms. The summed E-state index contributed by atoms with van der Waals surface area (Å²) in [5, 5.41) is 22.9. The predicted molar refractivity (Wildman–Crippen MR) is 99.6 cm³/mol. The van der Waals surface area contributed by atoms with E-state index in [0.29, 0.717) is 43.9 Å². The quantitative estimate of drug-likeness (QED) is 0.845. The normalized spacial score (nSPS) is 22.8. The van der Waals surface area contributed by atoms with E-state index in [4.69, 9.17) is 0 Å². The number of rotatable bonds is 5. The van der Waals surface area contributed by atoms with Gasteiger partial charge in [-0.15, -0.1) is 0 Å². The maximum Gasteiger partial charge on any atom is 0.254 e. The summed E-state index contributed by atoms with van der Waals surface area (Å²) in [7, 11) is 0. The number of amides is 1. The number of nitrogens with one attached hydrogen (secondary N) is 1. The van der Waals surface area contributed by atoms with E-state index in [2.05, 4.69) is 37.1 Å². The zero-order chi connectivity index (χ0) is 19.1. The molecule has 1 aliphatic carbocycles. The van der Waals surface area contributed by atoms with Gasteiger partial charge in [0.25, 0.3) is 5.91 Å². The molecule has 2 fully saturated rings. The predicted octanol–water partition coefficient (Wildman–Crippen LogP) is 2.25. The van der Waals surface area contributed by atoms with Crippen molar-refractivity contribution < 1.29 is 9.90 Å². The summed E-state index contributed by atoms with van der Waals surface area (Å²) in [5.74, 6) is 0.720. The first kappa shape index (κ1) is 18.7. The highest BCUT2D eigenvalue weighted by Gasteiger charge is 2.53. The van der Waals surface area contributed by atoms with E-state index in [-0.39, 0.29) is 17.2 Å². The summed E-state index contributed by atoms with van der Waals surface area (Å²) in [6, 6.07) is 4.10. The van der Waals surface area contributed by atoms with E-state index < -0.39 is 5.60 Å². The second-order valence-corrected chi connectivity index (χ2v) is 8.40. The van der Waals surface area contributed by atoms with Gasteiger partial charge in [-0.3, -0.25) is 4.79 Å². The number of nitriles is 1. The van der Waals surface area contributed by atoms with Crippen LogP contribution >= 0.6 is 0 Å². The lowest BCUT2D eigenvalue weighted by Gasteiger charge is -2.26. The number of likely N-dealkylation sites (tertiary alicyclic amines) is 1. The fourth-order valence-corrected chi connectivity index (χ4v) is 3.77. The van der Waals surface area contributed by atoms with Crippen LogP contribution in [-0.4, -0.2) is 46.1 Å². The number of nitrogens with zero attached hydrogens (tertiary/aromatic N) is 3. The average molecular weight is 356 g/mol. The smallest absolute Gasteiger partial charge is 0.254 e. The zero-order valence-electron chi connectivity index (χ0n) is 16.1. The summed E-state index contributed by atoms with van der Waals surface area (Å²) in [5.41, 5.74) is 1.41. The van der Waals surface area contributed by atoms with Crippen LogP contribution in [0.2, 0.25) is 0 Å².